The third kappa shape index (κ3) is 4.39. The summed E-state index contributed by atoms with van der Waals surface area (Å²) < 4.78 is 5.24. The molecule has 4 atom stereocenters. The number of esters is 1. The molecule has 1 N–H and O–H groups in total. The van der Waals surface area contributed by atoms with Crippen LogP contribution < -0.4 is 5.32 Å². The predicted molar refractivity (Wildman–Crippen MR) is 96.8 cm³/mol. The molecule has 0 aliphatic heterocycles. The second-order valence-corrected chi connectivity index (χ2v) is 7.14. The summed E-state index contributed by atoms with van der Waals surface area (Å²) in [6, 6.07) is 4.29. The number of rotatable bonds is 5. The monoisotopic (exact) mass is 362 g/mol. The molecule has 1 saturated carbocycles. The molecule has 1 aromatic carbocycles. The van der Waals surface area contributed by atoms with Gasteiger partial charge in [0.15, 0.2) is 6.10 Å². The molecule has 0 unspecified atom stereocenters. The van der Waals surface area contributed by atoms with Crippen LogP contribution in [0.25, 0.3) is 0 Å². The molecule has 0 saturated heterocycles. The predicted octanol–water partition coefficient (Wildman–Crippen LogP) is 3.39. The summed E-state index contributed by atoms with van der Waals surface area (Å²) in [6.07, 6.45) is 2.18. The van der Waals surface area contributed by atoms with Crippen molar-refractivity contribution in [1.82, 2.24) is 5.32 Å². The third-order valence-electron chi connectivity index (χ3n) is 5.41. The van der Waals surface area contributed by atoms with Gasteiger partial charge < -0.3 is 10.1 Å². The van der Waals surface area contributed by atoms with Gasteiger partial charge in [-0.05, 0) is 38.2 Å². The fourth-order valence-corrected chi connectivity index (χ4v) is 3.41. The minimum atomic E-state index is -0.967. The van der Waals surface area contributed by atoms with E-state index in [0.29, 0.717) is 11.8 Å². The van der Waals surface area contributed by atoms with E-state index in [1.807, 2.05) is 0 Å². The highest BCUT2D eigenvalue weighted by atomic mass is 16.6. The topological polar surface area (TPSA) is 98.5 Å². The first-order valence-corrected chi connectivity index (χ1v) is 8.97. The van der Waals surface area contributed by atoms with Crippen molar-refractivity contribution in [3.8, 4) is 0 Å². The number of hydrogen-bond donors (Lipinski definition) is 1. The number of ether oxygens (including phenoxy) is 1. The molecule has 7 heteroatoms. The lowest BCUT2D eigenvalue weighted by atomic mass is 9.78. The average Bonchev–Trinajstić information content (AvgIpc) is 2.58. The van der Waals surface area contributed by atoms with Crippen LogP contribution in [0.3, 0.4) is 0 Å². The molecule has 1 aliphatic carbocycles. The summed E-state index contributed by atoms with van der Waals surface area (Å²) in [6.45, 7) is 7.30. The van der Waals surface area contributed by atoms with Crippen LogP contribution in [0.2, 0.25) is 0 Å². The van der Waals surface area contributed by atoms with Crippen LogP contribution >= 0.6 is 0 Å². The van der Waals surface area contributed by atoms with Crippen molar-refractivity contribution in [2.24, 2.45) is 11.8 Å². The smallest absolute Gasteiger partial charge is 0.339 e. The summed E-state index contributed by atoms with van der Waals surface area (Å²) in [5, 5.41) is 14.0. The number of nitro benzene ring substituents is 1. The second kappa shape index (κ2) is 8.29. The highest BCUT2D eigenvalue weighted by Crippen LogP contribution is 2.29. The van der Waals surface area contributed by atoms with Gasteiger partial charge in [-0.25, -0.2) is 4.79 Å². The van der Waals surface area contributed by atoms with Crippen LogP contribution in [0.4, 0.5) is 5.69 Å². The van der Waals surface area contributed by atoms with Crippen LogP contribution in [-0.4, -0.2) is 28.9 Å². The first-order chi connectivity index (χ1) is 12.2. The normalized spacial score (nSPS) is 23.8. The van der Waals surface area contributed by atoms with Crippen molar-refractivity contribution in [1.29, 1.82) is 0 Å². The van der Waals surface area contributed by atoms with Crippen molar-refractivity contribution < 1.29 is 19.2 Å². The molecule has 0 spiro atoms. The summed E-state index contributed by atoms with van der Waals surface area (Å²) in [5.74, 6) is -0.166. The maximum Gasteiger partial charge on any atom is 0.339 e. The van der Waals surface area contributed by atoms with Gasteiger partial charge in [-0.1, -0.05) is 32.8 Å². The van der Waals surface area contributed by atoms with Gasteiger partial charge in [-0.3, -0.25) is 14.9 Å². The largest absolute Gasteiger partial charge is 0.449 e. The Morgan fingerprint density at radius 3 is 2.65 bits per heavy atom. The standard InChI is InChI=1S/C19H26N2O5/c1-11-7-5-9-16(12(11)2)20-18(22)14(4)26-19(23)15-8-6-10-17(13(15)3)21(24)25/h6,8,10-12,14,16H,5,7,9H2,1-4H3,(H,20,22)/t11-,12-,14+,16-/m0/s1. The number of nitro groups is 1. The van der Waals surface area contributed by atoms with Gasteiger partial charge in [-0.15, -0.1) is 0 Å². The zero-order chi connectivity index (χ0) is 19.4. The van der Waals surface area contributed by atoms with Crippen LogP contribution in [0.15, 0.2) is 18.2 Å². The van der Waals surface area contributed by atoms with Crippen LogP contribution in [0.5, 0.6) is 0 Å². The van der Waals surface area contributed by atoms with Crippen molar-refractivity contribution in [3.05, 3.63) is 39.4 Å². The molecule has 1 aromatic rings. The zero-order valence-electron chi connectivity index (χ0n) is 15.7. The van der Waals surface area contributed by atoms with Crippen molar-refractivity contribution in [3.63, 3.8) is 0 Å². The summed E-state index contributed by atoms with van der Waals surface area (Å²) in [5.41, 5.74) is 0.171. The molecular formula is C19H26N2O5. The molecule has 0 aromatic heterocycles. The third-order valence-corrected chi connectivity index (χ3v) is 5.41. The van der Waals surface area contributed by atoms with Gasteiger partial charge in [0, 0.05) is 17.7 Å². The van der Waals surface area contributed by atoms with E-state index in [9.17, 15) is 19.7 Å². The van der Waals surface area contributed by atoms with Crippen molar-refractivity contribution in [2.75, 3.05) is 0 Å². The molecular weight excluding hydrogens is 336 g/mol. The van der Waals surface area contributed by atoms with E-state index in [-0.39, 0.29) is 28.8 Å². The molecule has 0 heterocycles. The van der Waals surface area contributed by atoms with Gasteiger partial charge in [0.05, 0.1) is 10.5 Å². The van der Waals surface area contributed by atoms with Crippen LogP contribution in [0.1, 0.15) is 56.0 Å². The Morgan fingerprint density at radius 2 is 2.00 bits per heavy atom. The fraction of sp³-hybridized carbons (Fsp3) is 0.579. The van der Waals surface area contributed by atoms with Gasteiger partial charge in [0.25, 0.3) is 11.6 Å². The maximum atomic E-state index is 12.4. The van der Waals surface area contributed by atoms with Crippen molar-refractivity contribution in [2.45, 2.75) is 59.1 Å². The average molecular weight is 362 g/mol. The van der Waals surface area contributed by atoms with Gasteiger partial charge in [0.2, 0.25) is 0 Å². The Kier molecular flexibility index (Phi) is 6.34. The highest BCUT2D eigenvalue weighted by molar-refractivity contribution is 5.94. The molecule has 2 rings (SSSR count). The quantitative estimate of drug-likeness (QED) is 0.492. The number of hydrogen-bond acceptors (Lipinski definition) is 5. The molecule has 0 radical (unpaired) electrons. The summed E-state index contributed by atoms with van der Waals surface area (Å²) >= 11 is 0. The molecule has 7 nitrogen and oxygen atoms in total. The number of carbonyl (C=O) groups excluding carboxylic acids is 2. The SMILES string of the molecule is Cc1c(C(=O)O[C@H](C)C(=O)N[C@H]2CCC[C@H](C)[C@@H]2C)cccc1[N+](=O)[O-]. The van der Waals surface area contributed by atoms with Crippen LogP contribution in [-0.2, 0) is 9.53 Å². The van der Waals surface area contributed by atoms with E-state index in [1.165, 1.54) is 32.0 Å². The van der Waals surface area contributed by atoms with E-state index in [4.69, 9.17) is 4.74 Å². The van der Waals surface area contributed by atoms with Gasteiger partial charge in [0.1, 0.15) is 0 Å². The molecule has 1 fully saturated rings. The van der Waals surface area contributed by atoms with E-state index < -0.39 is 17.0 Å². The number of nitrogens with zero attached hydrogens (tertiary/aromatic N) is 1. The van der Waals surface area contributed by atoms with E-state index in [1.54, 1.807) is 0 Å². The van der Waals surface area contributed by atoms with Gasteiger partial charge >= 0.3 is 5.97 Å². The van der Waals surface area contributed by atoms with E-state index in [2.05, 4.69) is 19.2 Å². The Balaban J connectivity index is 2.01. The number of amides is 1. The second-order valence-electron chi connectivity index (χ2n) is 7.14. The minimum Gasteiger partial charge on any atom is -0.449 e. The lowest BCUT2D eigenvalue weighted by Crippen LogP contribution is -2.47. The minimum absolute atomic E-state index is 0.0759. The molecule has 1 amide bonds. The Morgan fingerprint density at radius 1 is 1.31 bits per heavy atom. The van der Waals surface area contributed by atoms with E-state index in [0.717, 1.165) is 19.3 Å². The van der Waals surface area contributed by atoms with Crippen LogP contribution in [0, 0.1) is 28.9 Å². The molecule has 142 valence electrons. The Labute approximate surface area is 153 Å². The van der Waals surface area contributed by atoms with E-state index >= 15 is 0 Å². The first-order valence-electron chi connectivity index (χ1n) is 8.97. The maximum absolute atomic E-state index is 12.4. The summed E-state index contributed by atoms with van der Waals surface area (Å²) in [4.78, 5) is 35.2. The number of nitrogens with one attached hydrogen (secondary N) is 1. The zero-order valence-corrected chi connectivity index (χ0v) is 15.7. The first kappa shape index (κ1) is 19.9. The highest BCUT2D eigenvalue weighted by Gasteiger charge is 2.30. The van der Waals surface area contributed by atoms with Gasteiger partial charge in [-0.2, -0.15) is 0 Å². The Bertz CT molecular complexity index is 703. The summed E-state index contributed by atoms with van der Waals surface area (Å²) in [7, 11) is 0. The lowest BCUT2D eigenvalue weighted by Gasteiger charge is -2.35. The molecule has 0 bridgehead atoms. The molecule has 1 aliphatic rings. The van der Waals surface area contributed by atoms with Crippen molar-refractivity contribution >= 4 is 17.6 Å². The fourth-order valence-electron chi connectivity index (χ4n) is 3.41. The molecule has 26 heavy (non-hydrogen) atoms. The number of carbonyl (C=O) groups is 2. The Hall–Kier alpha value is -2.44. The lowest BCUT2D eigenvalue weighted by molar-refractivity contribution is -0.385. The number of benzene rings is 1.